The van der Waals surface area contributed by atoms with E-state index in [1.807, 2.05) is 48.7 Å². The first kappa shape index (κ1) is 17.0. The highest BCUT2D eigenvalue weighted by Crippen LogP contribution is 2.33. The summed E-state index contributed by atoms with van der Waals surface area (Å²) in [4.78, 5) is 13.3. The second-order valence-corrected chi connectivity index (χ2v) is 7.32. The van der Waals surface area contributed by atoms with E-state index < -0.39 is 0 Å². The third-order valence-corrected chi connectivity index (χ3v) is 5.38. The lowest BCUT2D eigenvalue weighted by Gasteiger charge is -2.10. The van der Waals surface area contributed by atoms with E-state index >= 15 is 0 Å². The van der Waals surface area contributed by atoms with Crippen LogP contribution in [0.4, 0.5) is 5.69 Å². The predicted octanol–water partition coefficient (Wildman–Crippen LogP) is 5.05. The number of nitrogens with one attached hydrogen (secondary N) is 1. The Labute approximate surface area is 156 Å². The molecule has 4 rings (SSSR count). The van der Waals surface area contributed by atoms with E-state index in [0.29, 0.717) is 5.75 Å². The summed E-state index contributed by atoms with van der Waals surface area (Å²) >= 11 is 1.64. The summed E-state index contributed by atoms with van der Waals surface area (Å²) in [5, 5.41) is 3.99. The molecule has 1 aliphatic carbocycles. The largest absolute Gasteiger partial charge is 0.484 e. The van der Waals surface area contributed by atoms with Crippen LogP contribution in [-0.4, -0.2) is 18.8 Å². The van der Waals surface area contributed by atoms with E-state index in [0.717, 1.165) is 40.2 Å². The van der Waals surface area contributed by atoms with Crippen molar-refractivity contribution in [2.75, 3.05) is 18.2 Å². The molecule has 0 unspecified atom stereocenters. The highest BCUT2D eigenvalue weighted by atomic mass is 32.2. The third kappa shape index (κ3) is 3.58. The first-order valence-electron chi connectivity index (χ1n) is 8.84. The minimum Gasteiger partial charge on any atom is -0.484 e. The standard InChI is InChI=1S/C21H21NO3S/c1-26-16-6-4-5-14(11-16)22-21(23)13-24-15-9-10-20-18(12-15)17-7-2-3-8-19(17)25-20/h4-6,9-12H,2-3,7-8,13H2,1H3,(H,22,23). The number of carbonyl (C=O) groups excluding carboxylic acids is 1. The highest BCUT2D eigenvalue weighted by Gasteiger charge is 2.18. The van der Waals surface area contributed by atoms with Gasteiger partial charge in [-0.1, -0.05) is 6.07 Å². The molecule has 0 spiro atoms. The lowest BCUT2D eigenvalue weighted by molar-refractivity contribution is -0.118. The maximum absolute atomic E-state index is 12.2. The van der Waals surface area contributed by atoms with Crippen LogP contribution in [-0.2, 0) is 17.6 Å². The molecule has 0 bridgehead atoms. The van der Waals surface area contributed by atoms with Crippen molar-refractivity contribution in [1.82, 2.24) is 0 Å². The molecule has 0 saturated carbocycles. The monoisotopic (exact) mass is 367 g/mol. The van der Waals surface area contributed by atoms with Crippen LogP contribution in [0.15, 0.2) is 51.8 Å². The fourth-order valence-corrected chi connectivity index (χ4v) is 3.84. The molecule has 0 radical (unpaired) electrons. The maximum Gasteiger partial charge on any atom is 0.262 e. The van der Waals surface area contributed by atoms with Gasteiger partial charge in [-0.3, -0.25) is 4.79 Å². The van der Waals surface area contributed by atoms with Crippen LogP contribution in [0.25, 0.3) is 11.0 Å². The van der Waals surface area contributed by atoms with Gasteiger partial charge in [0.1, 0.15) is 17.1 Å². The Morgan fingerprint density at radius 1 is 1.19 bits per heavy atom. The molecule has 1 aromatic heterocycles. The summed E-state index contributed by atoms with van der Waals surface area (Å²) in [6, 6.07) is 13.6. The Balaban J connectivity index is 1.43. The zero-order valence-corrected chi connectivity index (χ0v) is 15.5. The first-order chi connectivity index (χ1) is 12.7. The average molecular weight is 367 g/mol. The lowest BCUT2D eigenvalue weighted by Crippen LogP contribution is -2.20. The first-order valence-corrected chi connectivity index (χ1v) is 10.1. The molecule has 0 saturated heterocycles. The number of carbonyl (C=O) groups is 1. The topological polar surface area (TPSA) is 51.5 Å². The smallest absolute Gasteiger partial charge is 0.262 e. The van der Waals surface area contributed by atoms with Crippen molar-refractivity contribution in [2.24, 2.45) is 0 Å². The number of hydrogen-bond acceptors (Lipinski definition) is 4. The number of amides is 1. The molecule has 5 heteroatoms. The highest BCUT2D eigenvalue weighted by molar-refractivity contribution is 7.98. The summed E-state index contributed by atoms with van der Waals surface area (Å²) in [6.07, 6.45) is 6.46. The fraction of sp³-hybridized carbons (Fsp3) is 0.286. The normalized spacial score (nSPS) is 13.4. The molecule has 1 amide bonds. The summed E-state index contributed by atoms with van der Waals surface area (Å²) in [6.45, 7) is -0.0188. The van der Waals surface area contributed by atoms with Gasteiger partial charge in [0, 0.05) is 28.0 Å². The van der Waals surface area contributed by atoms with E-state index in [4.69, 9.17) is 9.15 Å². The fourth-order valence-electron chi connectivity index (χ4n) is 3.38. The van der Waals surface area contributed by atoms with Crippen molar-refractivity contribution >= 4 is 34.3 Å². The molecule has 3 aromatic rings. The molecule has 4 nitrogen and oxygen atoms in total. The number of thioether (sulfide) groups is 1. The van der Waals surface area contributed by atoms with Crippen LogP contribution < -0.4 is 10.1 Å². The van der Waals surface area contributed by atoms with Gasteiger partial charge >= 0.3 is 0 Å². The third-order valence-electron chi connectivity index (χ3n) is 4.65. The molecule has 1 aliphatic rings. The van der Waals surface area contributed by atoms with Gasteiger partial charge in [0.25, 0.3) is 5.91 Å². The van der Waals surface area contributed by atoms with Crippen LogP contribution in [0.2, 0.25) is 0 Å². The van der Waals surface area contributed by atoms with Crippen LogP contribution in [0.5, 0.6) is 5.75 Å². The van der Waals surface area contributed by atoms with Gasteiger partial charge in [0.15, 0.2) is 6.61 Å². The molecule has 2 aromatic carbocycles. The van der Waals surface area contributed by atoms with E-state index in [2.05, 4.69) is 5.32 Å². The number of hydrogen-bond donors (Lipinski definition) is 1. The molecule has 26 heavy (non-hydrogen) atoms. The second-order valence-electron chi connectivity index (χ2n) is 6.44. The molecule has 1 heterocycles. The Hall–Kier alpha value is -2.40. The number of anilines is 1. The number of ether oxygens (including phenoxy) is 1. The lowest BCUT2D eigenvalue weighted by atomic mass is 9.96. The number of benzene rings is 2. The van der Waals surface area contributed by atoms with Crippen molar-refractivity contribution < 1.29 is 13.9 Å². The van der Waals surface area contributed by atoms with Crippen molar-refractivity contribution in [3.63, 3.8) is 0 Å². The van der Waals surface area contributed by atoms with Gasteiger partial charge in [0.2, 0.25) is 0 Å². The van der Waals surface area contributed by atoms with Crippen LogP contribution >= 0.6 is 11.8 Å². The quantitative estimate of drug-likeness (QED) is 0.641. The average Bonchev–Trinajstić information content (AvgIpc) is 3.04. The Bertz CT molecular complexity index is 948. The van der Waals surface area contributed by atoms with E-state index in [-0.39, 0.29) is 12.5 Å². The number of aryl methyl sites for hydroxylation is 2. The molecule has 134 valence electrons. The molecule has 0 atom stereocenters. The van der Waals surface area contributed by atoms with Crippen molar-refractivity contribution in [3.8, 4) is 5.75 Å². The molecule has 1 N–H and O–H groups in total. The van der Waals surface area contributed by atoms with Crippen LogP contribution in [0.1, 0.15) is 24.2 Å². The maximum atomic E-state index is 12.2. The van der Waals surface area contributed by atoms with Gasteiger partial charge in [-0.05, 0) is 61.9 Å². The molecule has 0 aliphatic heterocycles. The van der Waals surface area contributed by atoms with Crippen LogP contribution in [0.3, 0.4) is 0 Å². The van der Waals surface area contributed by atoms with Gasteiger partial charge in [-0.15, -0.1) is 11.8 Å². The summed E-state index contributed by atoms with van der Waals surface area (Å²) in [5.74, 6) is 1.63. The second kappa shape index (κ2) is 7.46. The molecular formula is C21H21NO3S. The van der Waals surface area contributed by atoms with Crippen molar-refractivity contribution in [3.05, 3.63) is 53.8 Å². The van der Waals surface area contributed by atoms with Gasteiger partial charge in [0.05, 0.1) is 0 Å². The van der Waals surface area contributed by atoms with Gasteiger partial charge < -0.3 is 14.5 Å². The van der Waals surface area contributed by atoms with E-state index in [9.17, 15) is 4.79 Å². The zero-order chi connectivity index (χ0) is 17.9. The minimum absolute atomic E-state index is 0.0188. The minimum atomic E-state index is -0.169. The van der Waals surface area contributed by atoms with Crippen molar-refractivity contribution in [1.29, 1.82) is 0 Å². The Kier molecular flexibility index (Phi) is 4.89. The van der Waals surface area contributed by atoms with Gasteiger partial charge in [-0.2, -0.15) is 0 Å². The van der Waals surface area contributed by atoms with E-state index in [1.165, 1.54) is 18.4 Å². The zero-order valence-electron chi connectivity index (χ0n) is 14.7. The Morgan fingerprint density at radius 3 is 2.96 bits per heavy atom. The predicted molar refractivity (Wildman–Crippen MR) is 105 cm³/mol. The van der Waals surface area contributed by atoms with Gasteiger partial charge in [-0.25, -0.2) is 0 Å². The molecule has 0 fully saturated rings. The van der Waals surface area contributed by atoms with Crippen LogP contribution in [0, 0.1) is 0 Å². The number of fused-ring (bicyclic) bond motifs is 3. The SMILES string of the molecule is CSc1cccc(NC(=O)COc2ccc3oc4c(c3c2)CCCC4)c1. The number of rotatable bonds is 5. The summed E-state index contributed by atoms with van der Waals surface area (Å²) in [7, 11) is 0. The summed E-state index contributed by atoms with van der Waals surface area (Å²) in [5.41, 5.74) is 2.99. The summed E-state index contributed by atoms with van der Waals surface area (Å²) < 4.78 is 11.6. The Morgan fingerprint density at radius 2 is 2.08 bits per heavy atom. The number of furan rings is 1. The molecular weight excluding hydrogens is 346 g/mol. The van der Waals surface area contributed by atoms with Crippen molar-refractivity contribution in [2.45, 2.75) is 30.6 Å². The van der Waals surface area contributed by atoms with E-state index in [1.54, 1.807) is 11.8 Å².